The van der Waals surface area contributed by atoms with E-state index in [0.717, 1.165) is 10.2 Å². The Balaban J connectivity index is 2.22. The summed E-state index contributed by atoms with van der Waals surface area (Å²) in [7, 11) is 0. The van der Waals surface area contributed by atoms with Gasteiger partial charge in [0.2, 0.25) is 0 Å². The number of aryl methyl sites for hydroxylation is 1. The molecule has 2 heterocycles. The highest BCUT2D eigenvalue weighted by atomic mass is 79.9. The van der Waals surface area contributed by atoms with Gasteiger partial charge in [0, 0.05) is 6.20 Å². The molecule has 0 saturated carbocycles. The topological polar surface area (TPSA) is 75.1 Å². The van der Waals surface area contributed by atoms with Crippen molar-refractivity contribution in [2.75, 3.05) is 5.32 Å². The van der Waals surface area contributed by atoms with Crippen LogP contribution in [0.5, 0.6) is 5.75 Å². The van der Waals surface area contributed by atoms with Crippen LogP contribution in [0.25, 0.3) is 0 Å². The van der Waals surface area contributed by atoms with Crippen molar-refractivity contribution >= 4 is 27.5 Å². The molecule has 0 radical (unpaired) electrons. The van der Waals surface area contributed by atoms with Crippen LogP contribution in [0.2, 0.25) is 0 Å². The number of amides is 1. The van der Waals surface area contributed by atoms with Gasteiger partial charge in [0.1, 0.15) is 10.4 Å². The van der Waals surface area contributed by atoms with Crippen LogP contribution in [0.4, 0.5) is 5.69 Å². The molecule has 0 saturated heterocycles. The lowest BCUT2D eigenvalue weighted by molar-refractivity contribution is 0.101. The van der Waals surface area contributed by atoms with Gasteiger partial charge in [-0.25, -0.2) is 9.97 Å². The number of anilines is 1. The number of nitrogens with zero attached hydrogens (tertiary/aromatic N) is 2. The minimum atomic E-state index is -0.475. The van der Waals surface area contributed by atoms with Gasteiger partial charge in [0.05, 0.1) is 11.9 Å². The van der Waals surface area contributed by atoms with Crippen molar-refractivity contribution in [3.8, 4) is 5.75 Å². The average molecular weight is 308 g/mol. The summed E-state index contributed by atoms with van der Waals surface area (Å²) in [6.45, 7) is 1.87. The standard InChI is InChI=1S/C12H10BrN3O2/c1-7-5-8(6-15-11(7)13)16-12(18)10-9(17)3-2-4-14-10/h2-6,17H,1H3,(H,16,18). The van der Waals surface area contributed by atoms with Crippen molar-refractivity contribution in [3.63, 3.8) is 0 Å². The number of hydrogen-bond donors (Lipinski definition) is 2. The molecule has 2 aromatic rings. The van der Waals surface area contributed by atoms with Gasteiger partial charge in [-0.15, -0.1) is 0 Å². The Morgan fingerprint density at radius 1 is 1.44 bits per heavy atom. The third kappa shape index (κ3) is 2.65. The van der Waals surface area contributed by atoms with E-state index in [2.05, 4.69) is 31.2 Å². The van der Waals surface area contributed by atoms with Crippen molar-refractivity contribution < 1.29 is 9.90 Å². The first kappa shape index (κ1) is 12.5. The molecule has 0 aromatic carbocycles. The maximum absolute atomic E-state index is 11.9. The Morgan fingerprint density at radius 2 is 2.22 bits per heavy atom. The molecule has 0 spiro atoms. The summed E-state index contributed by atoms with van der Waals surface area (Å²) in [5, 5.41) is 12.1. The largest absolute Gasteiger partial charge is 0.505 e. The number of hydrogen-bond acceptors (Lipinski definition) is 4. The third-order valence-corrected chi connectivity index (χ3v) is 3.10. The molecule has 1 amide bonds. The quantitative estimate of drug-likeness (QED) is 0.836. The van der Waals surface area contributed by atoms with E-state index in [0.29, 0.717) is 5.69 Å². The second-order valence-electron chi connectivity index (χ2n) is 3.66. The molecule has 0 fully saturated rings. The van der Waals surface area contributed by atoms with Crippen LogP contribution < -0.4 is 5.32 Å². The summed E-state index contributed by atoms with van der Waals surface area (Å²) in [6, 6.07) is 4.74. The number of rotatable bonds is 2. The van der Waals surface area contributed by atoms with Crippen molar-refractivity contribution in [1.82, 2.24) is 9.97 Å². The maximum atomic E-state index is 11.9. The smallest absolute Gasteiger partial charge is 0.278 e. The molecule has 2 aromatic heterocycles. The van der Waals surface area contributed by atoms with Gasteiger partial charge in [-0.3, -0.25) is 4.79 Å². The zero-order valence-electron chi connectivity index (χ0n) is 9.51. The zero-order chi connectivity index (χ0) is 13.1. The first-order valence-corrected chi connectivity index (χ1v) is 5.94. The van der Waals surface area contributed by atoms with E-state index in [-0.39, 0.29) is 11.4 Å². The van der Waals surface area contributed by atoms with Gasteiger partial charge in [-0.1, -0.05) is 0 Å². The number of carbonyl (C=O) groups is 1. The highest BCUT2D eigenvalue weighted by Crippen LogP contribution is 2.19. The molecule has 0 aliphatic rings. The molecule has 2 rings (SSSR count). The molecule has 0 unspecified atom stereocenters. The zero-order valence-corrected chi connectivity index (χ0v) is 11.1. The number of nitrogens with one attached hydrogen (secondary N) is 1. The van der Waals surface area contributed by atoms with Crippen molar-refractivity contribution in [3.05, 3.63) is 46.5 Å². The van der Waals surface area contributed by atoms with E-state index in [4.69, 9.17) is 0 Å². The summed E-state index contributed by atoms with van der Waals surface area (Å²) in [5.74, 6) is -0.631. The fourth-order valence-corrected chi connectivity index (χ4v) is 1.61. The van der Waals surface area contributed by atoms with Gasteiger partial charge in [-0.05, 0) is 46.6 Å². The van der Waals surface area contributed by atoms with E-state index in [9.17, 15) is 9.90 Å². The minimum absolute atomic E-state index is 0.0157. The molecule has 6 heteroatoms. The van der Waals surface area contributed by atoms with Gasteiger partial charge in [0.25, 0.3) is 5.91 Å². The number of aromatic nitrogens is 2. The predicted molar refractivity (Wildman–Crippen MR) is 70.5 cm³/mol. The SMILES string of the molecule is Cc1cc(NC(=O)c2ncccc2O)cnc1Br. The lowest BCUT2D eigenvalue weighted by Gasteiger charge is -2.06. The fourth-order valence-electron chi connectivity index (χ4n) is 1.39. The van der Waals surface area contributed by atoms with E-state index < -0.39 is 5.91 Å². The van der Waals surface area contributed by atoms with E-state index in [1.165, 1.54) is 18.5 Å². The predicted octanol–water partition coefficient (Wildman–Crippen LogP) is 2.51. The summed E-state index contributed by atoms with van der Waals surface area (Å²) < 4.78 is 0.723. The molecule has 2 N–H and O–H groups in total. The Bertz CT molecular complexity index is 602. The molecule has 5 nitrogen and oxygen atoms in total. The maximum Gasteiger partial charge on any atom is 0.278 e. The second-order valence-corrected chi connectivity index (χ2v) is 4.41. The molecular weight excluding hydrogens is 298 g/mol. The molecule has 0 aliphatic heterocycles. The van der Waals surface area contributed by atoms with Crippen LogP contribution in [-0.2, 0) is 0 Å². The number of halogens is 1. The van der Waals surface area contributed by atoms with Crippen LogP contribution >= 0.6 is 15.9 Å². The summed E-state index contributed by atoms with van der Waals surface area (Å²) >= 11 is 3.28. The summed E-state index contributed by atoms with van der Waals surface area (Å²) in [4.78, 5) is 19.7. The van der Waals surface area contributed by atoms with Crippen LogP contribution in [0.15, 0.2) is 35.2 Å². The highest BCUT2D eigenvalue weighted by Gasteiger charge is 2.12. The van der Waals surface area contributed by atoms with Gasteiger partial charge < -0.3 is 10.4 Å². The first-order valence-electron chi connectivity index (χ1n) is 5.15. The first-order chi connectivity index (χ1) is 8.58. The van der Waals surface area contributed by atoms with Gasteiger partial charge >= 0.3 is 0 Å². The van der Waals surface area contributed by atoms with Crippen LogP contribution in [-0.4, -0.2) is 21.0 Å². The van der Waals surface area contributed by atoms with Crippen molar-refractivity contribution in [2.45, 2.75) is 6.92 Å². The number of pyridine rings is 2. The Kier molecular flexibility index (Phi) is 3.57. The van der Waals surface area contributed by atoms with E-state index in [1.807, 2.05) is 6.92 Å². The minimum Gasteiger partial charge on any atom is -0.505 e. The molecule has 0 bridgehead atoms. The summed E-state index contributed by atoms with van der Waals surface area (Å²) in [5.41, 5.74) is 1.43. The third-order valence-electron chi connectivity index (χ3n) is 2.27. The van der Waals surface area contributed by atoms with Crippen molar-refractivity contribution in [2.24, 2.45) is 0 Å². The second kappa shape index (κ2) is 5.14. The average Bonchev–Trinajstić information content (AvgIpc) is 2.34. The fraction of sp³-hybridized carbons (Fsp3) is 0.0833. The Labute approximate surface area is 112 Å². The normalized spacial score (nSPS) is 10.1. The number of aromatic hydroxyl groups is 1. The van der Waals surface area contributed by atoms with Gasteiger partial charge in [0.15, 0.2) is 5.69 Å². The molecule has 0 atom stereocenters. The van der Waals surface area contributed by atoms with E-state index in [1.54, 1.807) is 12.1 Å². The lowest BCUT2D eigenvalue weighted by Crippen LogP contribution is -2.14. The Hall–Kier alpha value is -1.95. The van der Waals surface area contributed by atoms with Gasteiger partial charge in [-0.2, -0.15) is 0 Å². The van der Waals surface area contributed by atoms with E-state index >= 15 is 0 Å². The Morgan fingerprint density at radius 3 is 2.89 bits per heavy atom. The monoisotopic (exact) mass is 307 g/mol. The molecule has 18 heavy (non-hydrogen) atoms. The van der Waals surface area contributed by atoms with Crippen LogP contribution in [0, 0.1) is 6.92 Å². The van der Waals surface area contributed by atoms with Crippen molar-refractivity contribution in [1.29, 1.82) is 0 Å². The molecular formula is C12H10BrN3O2. The highest BCUT2D eigenvalue weighted by molar-refractivity contribution is 9.10. The number of carbonyl (C=O) groups excluding carboxylic acids is 1. The van der Waals surface area contributed by atoms with Crippen LogP contribution in [0.3, 0.4) is 0 Å². The molecule has 0 aliphatic carbocycles. The molecule has 92 valence electrons. The summed E-state index contributed by atoms with van der Waals surface area (Å²) in [6.07, 6.45) is 2.97. The van der Waals surface area contributed by atoms with Crippen LogP contribution in [0.1, 0.15) is 16.1 Å². The lowest BCUT2D eigenvalue weighted by atomic mass is 10.2.